The number of alkyl halides is 2. The number of methoxy groups -OCH3 is 1. The van der Waals surface area contributed by atoms with Crippen molar-refractivity contribution in [3.63, 3.8) is 0 Å². The Bertz CT molecular complexity index is 530. The molecule has 0 aliphatic heterocycles. The van der Waals surface area contributed by atoms with Crippen molar-refractivity contribution in [2.24, 2.45) is 0 Å². The van der Waals surface area contributed by atoms with Gasteiger partial charge in [-0.3, -0.25) is 0 Å². The molecule has 1 unspecified atom stereocenters. The first-order chi connectivity index (χ1) is 15.1. The van der Waals surface area contributed by atoms with Crippen LogP contribution < -0.4 is 0 Å². The predicted molar refractivity (Wildman–Crippen MR) is 156 cm³/mol. The van der Waals surface area contributed by atoms with Gasteiger partial charge in [0.05, 0.1) is 19.6 Å². The maximum atomic E-state index is 6.79. The summed E-state index contributed by atoms with van der Waals surface area (Å²) < 4.78 is 18.8. The molecule has 0 saturated carbocycles. The van der Waals surface area contributed by atoms with E-state index < -0.39 is 22.7 Å². The number of rotatable bonds is 18. The van der Waals surface area contributed by atoms with Crippen molar-refractivity contribution in [3.05, 3.63) is 11.8 Å². The normalized spacial score (nSPS) is 17.0. The van der Waals surface area contributed by atoms with Crippen LogP contribution in [-0.4, -0.2) is 52.7 Å². The van der Waals surface area contributed by atoms with Gasteiger partial charge in [-0.1, -0.05) is 89.2 Å². The van der Waals surface area contributed by atoms with Gasteiger partial charge < -0.3 is 13.9 Å². The third-order valence-corrected chi connectivity index (χ3v) is 17.3. The smallest absolute Gasteiger partial charge is 0.200 e. The topological polar surface area (TPSA) is 27.7 Å². The summed E-state index contributed by atoms with van der Waals surface area (Å²) in [7, 11) is -1.48. The largest absolute Gasteiger partial charge is 0.416 e. The van der Waals surface area contributed by atoms with Gasteiger partial charge in [0.15, 0.2) is 14.6 Å². The molecular weight excluding hydrogens is 532 g/mol. The van der Waals surface area contributed by atoms with E-state index in [-0.39, 0.29) is 16.3 Å². The van der Waals surface area contributed by atoms with Crippen LogP contribution in [0.4, 0.5) is 0 Å². The van der Waals surface area contributed by atoms with Gasteiger partial charge in [-0.25, -0.2) is 0 Å². The highest BCUT2D eigenvalue weighted by molar-refractivity contribution is 9.09. The molecule has 0 aromatic carbocycles. The molecule has 33 heavy (non-hydrogen) atoms. The third-order valence-electron chi connectivity index (χ3n) is 7.10. The predicted octanol–water partition coefficient (Wildman–Crippen LogP) is 9.31. The maximum Gasteiger partial charge on any atom is 0.200 e. The lowest BCUT2D eigenvalue weighted by atomic mass is 10.1. The summed E-state index contributed by atoms with van der Waals surface area (Å²) in [4.78, 5) is 0.270. The highest BCUT2D eigenvalue weighted by atomic mass is 79.9. The van der Waals surface area contributed by atoms with Crippen LogP contribution in [0.3, 0.4) is 0 Å². The quantitative estimate of drug-likeness (QED) is 0.0694. The van der Waals surface area contributed by atoms with Gasteiger partial charge in [0, 0.05) is 18.5 Å². The summed E-state index contributed by atoms with van der Waals surface area (Å²) in [5.74, 6) is 0. The minimum Gasteiger partial charge on any atom is -0.416 e. The molecular formula is C26H54BrClO3Si2. The summed E-state index contributed by atoms with van der Waals surface area (Å²) in [5, 5.41) is 1.18. The molecule has 0 fully saturated rings. The van der Waals surface area contributed by atoms with Crippen molar-refractivity contribution in [2.45, 2.75) is 139 Å². The van der Waals surface area contributed by atoms with E-state index in [1.807, 2.05) is 0 Å². The fourth-order valence-electron chi connectivity index (χ4n) is 4.91. The zero-order valence-corrected chi connectivity index (χ0v) is 27.8. The monoisotopic (exact) mass is 584 g/mol. The Kier molecular flexibility index (Phi) is 16.2. The van der Waals surface area contributed by atoms with Crippen LogP contribution in [0.2, 0.25) is 36.3 Å². The van der Waals surface area contributed by atoms with Crippen LogP contribution in [0.1, 0.15) is 80.6 Å². The zero-order valence-electron chi connectivity index (χ0n) is 23.5. The second-order valence-corrected chi connectivity index (χ2v) is 23.8. The Labute approximate surface area is 222 Å². The van der Waals surface area contributed by atoms with E-state index >= 15 is 0 Å². The average molecular weight is 586 g/mol. The summed E-state index contributed by atoms with van der Waals surface area (Å²) in [6.07, 6.45) is 4.27. The molecule has 4 atom stereocenters. The summed E-state index contributed by atoms with van der Waals surface area (Å²) >= 11 is 10.6. The van der Waals surface area contributed by atoms with Crippen LogP contribution in [0.5, 0.6) is 0 Å². The maximum absolute atomic E-state index is 6.79. The Balaban J connectivity index is 4.97. The summed E-state index contributed by atoms with van der Waals surface area (Å²) in [5.41, 5.74) is 1.78. The lowest BCUT2D eigenvalue weighted by Crippen LogP contribution is -2.48. The van der Waals surface area contributed by atoms with E-state index in [4.69, 9.17) is 25.5 Å². The van der Waals surface area contributed by atoms with Crippen LogP contribution in [0.15, 0.2) is 11.8 Å². The van der Waals surface area contributed by atoms with E-state index in [1.165, 1.54) is 5.20 Å². The molecule has 0 aliphatic carbocycles. The Morgan fingerprint density at radius 3 is 1.88 bits per heavy atom. The average Bonchev–Trinajstić information content (AvgIpc) is 2.71. The van der Waals surface area contributed by atoms with Crippen molar-refractivity contribution in [2.75, 3.05) is 13.7 Å². The van der Waals surface area contributed by atoms with Gasteiger partial charge in [0.2, 0.25) is 0 Å². The molecule has 0 heterocycles. The van der Waals surface area contributed by atoms with E-state index in [0.717, 1.165) is 38.7 Å². The van der Waals surface area contributed by atoms with Crippen LogP contribution >= 0.6 is 27.5 Å². The van der Waals surface area contributed by atoms with Gasteiger partial charge in [-0.15, -0.1) is 18.2 Å². The van der Waals surface area contributed by atoms with Gasteiger partial charge in [-0.05, 0) is 48.7 Å². The van der Waals surface area contributed by atoms with Crippen LogP contribution in [-0.2, 0) is 13.9 Å². The number of hydrogen-bond acceptors (Lipinski definition) is 3. The van der Waals surface area contributed by atoms with Crippen molar-refractivity contribution in [1.82, 2.24) is 0 Å². The third kappa shape index (κ3) is 10.8. The van der Waals surface area contributed by atoms with Crippen LogP contribution in [0, 0.1) is 0 Å². The molecule has 0 saturated heterocycles. The number of ether oxygens (including phenoxy) is 2. The minimum atomic E-state index is -1.83. The Morgan fingerprint density at radius 1 is 0.970 bits per heavy atom. The van der Waals surface area contributed by atoms with Gasteiger partial charge in [-0.2, -0.15) is 0 Å². The summed E-state index contributed by atoms with van der Waals surface area (Å²) in [6.45, 7) is 28.3. The lowest BCUT2D eigenvalue weighted by molar-refractivity contribution is -0.157. The Morgan fingerprint density at radius 2 is 1.48 bits per heavy atom. The van der Waals surface area contributed by atoms with Crippen molar-refractivity contribution >= 4 is 43.9 Å². The van der Waals surface area contributed by atoms with E-state index in [0.29, 0.717) is 16.6 Å². The fourth-order valence-corrected chi connectivity index (χ4v) is 12.0. The SMILES string of the molecule is C=C(CC[C@H](OC(OC)[C@H](Cl)CCCO[Si](C(C)C)(C(C)C)C(C)C)[C@@H](Br)CC)[Si](C)(C)C. The molecule has 0 rings (SSSR count). The first-order valence-electron chi connectivity index (χ1n) is 12.9. The molecule has 0 aromatic heterocycles. The fraction of sp³-hybridized carbons (Fsp3) is 0.923. The second-order valence-electron chi connectivity index (χ2n) is 11.4. The van der Waals surface area contributed by atoms with Gasteiger partial charge >= 0.3 is 0 Å². The van der Waals surface area contributed by atoms with Crippen molar-refractivity contribution in [1.29, 1.82) is 0 Å². The highest BCUT2D eigenvalue weighted by Gasteiger charge is 2.44. The molecule has 0 amide bonds. The van der Waals surface area contributed by atoms with Crippen molar-refractivity contribution < 1.29 is 13.9 Å². The first kappa shape index (κ1) is 33.8. The van der Waals surface area contributed by atoms with Gasteiger partial charge in [0.1, 0.15) is 0 Å². The molecule has 3 nitrogen and oxygen atoms in total. The number of hydrogen-bond donors (Lipinski definition) is 0. The van der Waals surface area contributed by atoms with Crippen molar-refractivity contribution in [3.8, 4) is 0 Å². The molecule has 0 aliphatic rings. The second kappa shape index (κ2) is 15.8. The minimum absolute atomic E-state index is 0.0495. The lowest BCUT2D eigenvalue weighted by Gasteiger charge is -2.42. The zero-order chi connectivity index (χ0) is 26.0. The summed E-state index contributed by atoms with van der Waals surface area (Å²) in [6, 6.07) is 0. The molecule has 0 bridgehead atoms. The van der Waals surface area contributed by atoms with E-state index in [1.54, 1.807) is 7.11 Å². The standard InChI is InChI=1S/C26H54BrClO3Si2/c1-13-23(27)25(17-16-22(8)32(10,11)12)31-26(29-9)24(28)15-14-18-30-33(19(2)3,20(4)5)21(6)7/h19-21,23-26H,8,13-18H2,1-7,9-12H3/t23-,24+,25-,26?/m0/s1. The first-order valence-corrected chi connectivity index (χ1v) is 19.9. The van der Waals surface area contributed by atoms with E-state index in [2.05, 4.69) is 90.6 Å². The molecule has 0 spiro atoms. The number of allylic oxidation sites excluding steroid dienone is 1. The highest BCUT2D eigenvalue weighted by Crippen LogP contribution is 2.42. The van der Waals surface area contributed by atoms with Crippen LogP contribution in [0.25, 0.3) is 0 Å². The number of halogens is 2. The molecule has 198 valence electrons. The Hall–Kier alpha value is 0.824. The van der Waals surface area contributed by atoms with Gasteiger partial charge in [0.25, 0.3) is 0 Å². The van der Waals surface area contributed by atoms with E-state index in [9.17, 15) is 0 Å². The molecule has 7 heteroatoms. The molecule has 0 aromatic rings. The molecule has 0 radical (unpaired) electrons. The molecule has 0 N–H and O–H groups in total.